The predicted molar refractivity (Wildman–Crippen MR) is 258 cm³/mol. The molecule has 4 heterocycles. The molecule has 17 nitrogen and oxygen atoms in total. The van der Waals surface area contributed by atoms with E-state index in [2.05, 4.69) is 57.2 Å². The van der Waals surface area contributed by atoms with Crippen LogP contribution in [0.25, 0.3) is 0 Å². The third-order valence-electron chi connectivity index (χ3n) is 13.0. The highest BCUT2D eigenvalue weighted by atomic mass is 28.4. The number of isocyanates is 1. The Kier molecular flexibility index (Phi) is 34.1. The third-order valence-corrected chi connectivity index (χ3v) is 22.0. The first-order valence-corrected chi connectivity index (χ1v) is 29.2. The van der Waals surface area contributed by atoms with Crippen molar-refractivity contribution in [1.29, 1.82) is 0 Å². The Bertz CT molecular complexity index is 1200. The van der Waals surface area contributed by atoms with Gasteiger partial charge in [0.15, 0.2) is 0 Å². The Morgan fingerprint density at radius 2 is 1.05 bits per heavy atom. The normalized spacial score (nSPS) is 18.0. The van der Waals surface area contributed by atoms with Gasteiger partial charge < -0.3 is 62.5 Å². The molecule has 0 aliphatic carbocycles. The highest BCUT2D eigenvalue weighted by Gasteiger charge is 2.41. The molecule has 4 N–H and O–H groups in total. The number of carbonyl (C=O) groups is 2. The van der Waals surface area contributed by atoms with Gasteiger partial charge in [0.25, 0.3) is 0 Å². The molecule has 0 unspecified atom stereocenters. The Hall–Kier alpha value is -2.01. The van der Waals surface area contributed by atoms with E-state index in [4.69, 9.17) is 51.9 Å². The smallest absolute Gasteiger partial charge is 0.449 e. The zero-order valence-corrected chi connectivity index (χ0v) is 44.5. The summed E-state index contributed by atoms with van der Waals surface area (Å²) in [6.45, 7) is 33.5. The van der Waals surface area contributed by atoms with Crippen LogP contribution in [-0.2, 0) is 46.5 Å². The van der Waals surface area contributed by atoms with Crippen molar-refractivity contribution < 1.29 is 66.3 Å². The van der Waals surface area contributed by atoms with Crippen molar-refractivity contribution in [2.75, 3.05) is 119 Å². The number of nitrogens with zero attached hydrogens (tertiary/aromatic N) is 1. The van der Waals surface area contributed by atoms with Crippen LogP contribution in [0.1, 0.15) is 108 Å². The van der Waals surface area contributed by atoms with Gasteiger partial charge in [0, 0.05) is 55.2 Å². The van der Waals surface area contributed by atoms with Crippen molar-refractivity contribution >= 4 is 35.1 Å². The quantitative estimate of drug-likeness (QED) is 0.0274. The minimum absolute atomic E-state index is 0.0122. The summed E-state index contributed by atoms with van der Waals surface area (Å²) in [5.41, 5.74) is 0.337. The number of hydrogen-bond acceptors (Lipinski definition) is 15. The minimum atomic E-state index is -2.63. The summed E-state index contributed by atoms with van der Waals surface area (Å²) < 4.78 is 47.8. The van der Waals surface area contributed by atoms with E-state index in [1.165, 1.54) is 24.2 Å². The van der Waals surface area contributed by atoms with Gasteiger partial charge in [0.05, 0.1) is 86.1 Å². The number of ether oxygens (including phenoxy) is 6. The molecule has 4 fully saturated rings. The summed E-state index contributed by atoms with van der Waals surface area (Å²) in [6.07, 6.45) is 5.69. The summed E-state index contributed by atoms with van der Waals surface area (Å²) in [6, 6.07) is 6.09. The molecule has 0 atom stereocenters. The van der Waals surface area contributed by atoms with E-state index in [0.717, 1.165) is 58.5 Å². The van der Waals surface area contributed by atoms with Crippen LogP contribution < -0.4 is 10.6 Å². The van der Waals surface area contributed by atoms with E-state index in [-0.39, 0.29) is 47.1 Å². The number of carbonyl (C=O) groups excluding carboxylic acids is 3. The fraction of sp³-hybridized carbons (Fsp3) is 0.935. The molecule has 0 aromatic rings. The summed E-state index contributed by atoms with van der Waals surface area (Å²) >= 11 is 0. The molecule has 0 bridgehead atoms. The zero-order chi connectivity index (χ0) is 49.1. The predicted octanol–water partition coefficient (Wildman–Crippen LogP) is 7.38. The number of amides is 2. The maximum absolute atomic E-state index is 11.8. The highest BCUT2D eigenvalue weighted by molar-refractivity contribution is 6.79. The number of hydrogen-bond donors (Lipinski definition) is 4. The summed E-state index contributed by atoms with van der Waals surface area (Å²) in [4.78, 5) is 36.1. The number of aliphatic hydroxyl groups excluding tert-OH is 2. The van der Waals surface area contributed by atoms with Crippen LogP contribution in [0.15, 0.2) is 4.99 Å². The molecular weight excluding hydrogens is 875 g/mol. The van der Waals surface area contributed by atoms with Crippen molar-refractivity contribution in [1.82, 2.24) is 10.6 Å². The average Bonchev–Trinajstić information content (AvgIpc) is 3.25. The van der Waals surface area contributed by atoms with Gasteiger partial charge in [0.1, 0.15) is 13.2 Å². The Labute approximate surface area is 394 Å². The molecule has 0 aromatic heterocycles. The van der Waals surface area contributed by atoms with E-state index in [0.29, 0.717) is 85.1 Å². The van der Waals surface area contributed by atoms with Crippen LogP contribution in [-0.4, -0.2) is 164 Å². The molecule has 4 aliphatic heterocycles. The lowest BCUT2D eigenvalue weighted by Crippen LogP contribution is -2.47. The van der Waals surface area contributed by atoms with Crippen LogP contribution in [0.3, 0.4) is 0 Å². The zero-order valence-electron chi connectivity index (χ0n) is 42.5. The SMILES string of the molecule is CCC1(CO)COC1.CCC1(CO)COC1.CCNC(=O)OCC1(C)COC1.CCO[Si](CCCNC(=O)OCC1(CC)COC1)(OCC)OCC.CC[Si](CC)(CC)CCCN=C=O. The molecule has 384 valence electrons. The maximum Gasteiger partial charge on any atom is 0.500 e. The number of nitrogens with one attached hydrogen (secondary N) is 2. The molecule has 0 aromatic carbocycles. The minimum Gasteiger partial charge on any atom is -0.449 e. The fourth-order valence-electron chi connectivity index (χ4n) is 6.97. The molecule has 0 radical (unpaired) electrons. The molecule has 4 aliphatic rings. The second-order valence-electron chi connectivity index (χ2n) is 18.0. The molecule has 19 heteroatoms. The molecule has 0 saturated carbocycles. The van der Waals surface area contributed by atoms with E-state index < -0.39 is 16.9 Å². The summed E-state index contributed by atoms with van der Waals surface area (Å²) in [5.74, 6) is 0. The maximum atomic E-state index is 11.8. The largest absolute Gasteiger partial charge is 0.500 e. The van der Waals surface area contributed by atoms with Crippen LogP contribution in [0.4, 0.5) is 9.59 Å². The van der Waals surface area contributed by atoms with Crippen LogP contribution >= 0.6 is 0 Å². The third kappa shape index (κ3) is 24.2. The van der Waals surface area contributed by atoms with Gasteiger partial charge in [-0.1, -0.05) is 72.6 Å². The van der Waals surface area contributed by atoms with Crippen molar-refractivity contribution in [3.63, 3.8) is 0 Å². The Morgan fingerprint density at radius 3 is 1.35 bits per heavy atom. The first-order chi connectivity index (χ1) is 31.1. The van der Waals surface area contributed by atoms with Gasteiger partial charge in [-0.2, -0.15) is 0 Å². The molecule has 0 spiro atoms. The fourth-order valence-corrected chi connectivity index (χ4v) is 13.1. The number of rotatable bonds is 27. The van der Waals surface area contributed by atoms with Crippen molar-refractivity contribution in [3.05, 3.63) is 0 Å². The number of aliphatic imine (C=N–C) groups is 1. The lowest BCUT2D eigenvalue weighted by molar-refractivity contribution is -0.138. The van der Waals surface area contributed by atoms with Gasteiger partial charge in [-0.25, -0.2) is 19.4 Å². The van der Waals surface area contributed by atoms with Crippen molar-refractivity contribution in [2.24, 2.45) is 26.7 Å². The summed E-state index contributed by atoms with van der Waals surface area (Å²) in [5, 5.41) is 22.9. The topological polar surface area (TPSA) is 211 Å². The number of alkyl carbamates (subject to hydrolysis) is 2. The Balaban J connectivity index is 0.000000847. The van der Waals surface area contributed by atoms with Crippen LogP contribution in [0, 0.1) is 21.7 Å². The van der Waals surface area contributed by atoms with Gasteiger partial charge in [-0.3, -0.25) is 0 Å². The van der Waals surface area contributed by atoms with Gasteiger partial charge >= 0.3 is 21.0 Å². The molecular formula is C46H93N3O14Si2. The lowest BCUT2D eigenvalue weighted by atomic mass is 9.84. The first-order valence-electron chi connectivity index (χ1n) is 24.4. The van der Waals surface area contributed by atoms with Gasteiger partial charge in [-0.15, -0.1) is 0 Å². The van der Waals surface area contributed by atoms with E-state index in [9.17, 15) is 14.4 Å². The second kappa shape index (κ2) is 35.2. The van der Waals surface area contributed by atoms with Crippen molar-refractivity contribution in [2.45, 2.75) is 138 Å². The second-order valence-corrected chi connectivity index (χ2v) is 26.3. The number of aliphatic hydroxyl groups is 2. The molecule has 4 saturated heterocycles. The molecule has 4 rings (SSSR count). The standard InChI is InChI=1S/C16H33NO6Si.C10H21NOSi.C8H15NO3.2C6H12O2/c1-5-16(12-19-13-16)14-20-15(18)17-10-9-11-24(21-6-2,22-7-3)23-8-4;1-4-13(5-2,6-3)9-7-8-11-10-12;1-3-9-7(10)12-6-8(2)4-11-5-8;2*1-2-6(3-7)4-8-5-6/h5-14H2,1-4H3,(H,17,18);4-9H2,1-3H3;3-6H2,1-2H3,(H,9,10);2*7H,2-5H2,1H3. The summed E-state index contributed by atoms with van der Waals surface area (Å²) in [7, 11) is -3.58. The lowest BCUT2D eigenvalue weighted by Gasteiger charge is -2.39. The first kappa shape index (κ1) is 63.0. The van der Waals surface area contributed by atoms with Crippen molar-refractivity contribution in [3.8, 4) is 0 Å². The Morgan fingerprint density at radius 1 is 0.615 bits per heavy atom. The van der Waals surface area contributed by atoms with E-state index >= 15 is 0 Å². The molecule has 2 amide bonds. The van der Waals surface area contributed by atoms with E-state index in [1.54, 1.807) is 6.08 Å². The van der Waals surface area contributed by atoms with E-state index in [1.807, 2.05) is 34.6 Å². The van der Waals surface area contributed by atoms with Crippen LogP contribution in [0.2, 0.25) is 30.2 Å². The molecule has 65 heavy (non-hydrogen) atoms. The highest BCUT2D eigenvalue weighted by Crippen LogP contribution is 2.32. The van der Waals surface area contributed by atoms with Gasteiger partial charge in [-0.05, 0) is 59.8 Å². The average molecular weight is 968 g/mol. The monoisotopic (exact) mass is 968 g/mol. The van der Waals surface area contributed by atoms with Gasteiger partial charge in [0.2, 0.25) is 6.08 Å². The van der Waals surface area contributed by atoms with Crippen LogP contribution in [0.5, 0.6) is 0 Å².